The van der Waals surface area contributed by atoms with Crippen LogP contribution in [0.4, 0.5) is 0 Å². The quantitative estimate of drug-likeness (QED) is 0.940. The van der Waals surface area contributed by atoms with Gasteiger partial charge in [0.05, 0.1) is 11.6 Å². The van der Waals surface area contributed by atoms with E-state index in [1.165, 1.54) is 5.56 Å². The molecule has 1 saturated heterocycles. The van der Waals surface area contributed by atoms with Gasteiger partial charge in [0.15, 0.2) is 0 Å². The molecule has 0 unspecified atom stereocenters. The topological polar surface area (TPSA) is 59.2 Å². The molecule has 0 aliphatic carbocycles. The number of nitrogens with zero attached hydrogens (tertiary/aromatic N) is 2. The first-order valence-corrected chi connectivity index (χ1v) is 8.03. The molecule has 19 heavy (non-hydrogen) atoms. The van der Waals surface area contributed by atoms with E-state index >= 15 is 0 Å². The van der Waals surface area contributed by atoms with Gasteiger partial charge >= 0.3 is 0 Å². The fraction of sp³-hybridized carbons (Fsp3) is 0.385. The summed E-state index contributed by atoms with van der Waals surface area (Å²) in [5.41, 5.74) is 7.62. The van der Waals surface area contributed by atoms with Crippen LogP contribution in [0.15, 0.2) is 22.2 Å². The predicted molar refractivity (Wildman–Crippen MR) is 78.0 cm³/mol. The lowest BCUT2D eigenvalue weighted by Gasteiger charge is -2.13. The van der Waals surface area contributed by atoms with E-state index in [-0.39, 0.29) is 11.8 Å². The van der Waals surface area contributed by atoms with Crippen LogP contribution in [-0.4, -0.2) is 28.9 Å². The van der Waals surface area contributed by atoms with Crippen LogP contribution < -0.4 is 5.73 Å². The van der Waals surface area contributed by atoms with E-state index in [4.69, 9.17) is 5.73 Å². The third kappa shape index (κ3) is 2.86. The van der Waals surface area contributed by atoms with E-state index in [1.54, 1.807) is 22.7 Å². The van der Waals surface area contributed by atoms with E-state index < -0.39 is 0 Å². The van der Waals surface area contributed by atoms with Crippen molar-refractivity contribution in [3.8, 4) is 10.6 Å². The molecule has 2 aromatic heterocycles. The van der Waals surface area contributed by atoms with Crippen LogP contribution in [0.1, 0.15) is 12.1 Å². The highest BCUT2D eigenvalue weighted by molar-refractivity contribution is 7.14. The number of rotatable bonds is 4. The SMILES string of the molecule is NC(=O)[C@@H]1CCN(Cc2csc(-c3ccsc3)n2)C1. The number of primary amides is 1. The minimum atomic E-state index is -0.181. The van der Waals surface area contributed by atoms with Crippen LogP contribution in [0.2, 0.25) is 0 Å². The molecule has 6 heteroatoms. The maximum atomic E-state index is 11.1. The molecule has 3 heterocycles. The summed E-state index contributed by atoms with van der Waals surface area (Å²) in [4.78, 5) is 18.0. The molecule has 0 spiro atoms. The molecule has 0 radical (unpaired) electrons. The molecule has 1 amide bonds. The van der Waals surface area contributed by atoms with Gasteiger partial charge in [0.2, 0.25) is 5.91 Å². The molecule has 2 aromatic rings. The summed E-state index contributed by atoms with van der Waals surface area (Å²) in [5.74, 6) is -0.172. The first-order valence-electron chi connectivity index (χ1n) is 6.21. The molecule has 0 aromatic carbocycles. The molecule has 1 atom stereocenters. The highest BCUT2D eigenvalue weighted by atomic mass is 32.1. The van der Waals surface area contributed by atoms with Crippen LogP contribution in [0.3, 0.4) is 0 Å². The van der Waals surface area contributed by atoms with Gasteiger partial charge in [0, 0.05) is 29.4 Å². The zero-order chi connectivity index (χ0) is 13.2. The number of amides is 1. The van der Waals surface area contributed by atoms with Gasteiger partial charge < -0.3 is 5.73 Å². The predicted octanol–water partition coefficient (Wildman–Crippen LogP) is 2.18. The Bertz CT molecular complexity index is 564. The van der Waals surface area contributed by atoms with Crippen molar-refractivity contribution >= 4 is 28.6 Å². The summed E-state index contributed by atoms with van der Waals surface area (Å²) in [6, 6.07) is 2.09. The summed E-state index contributed by atoms with van der Waals surface area (Å²) in [6.07, 6.45) is 0.872. The maximum absolute atomic E-state index is 11.1. The Balaban J connectivity index is 1.64. The van der Waals surface area contributed by atoms with Crippen molar-refractivity contribution in [1.29, 1.82) is 0 Å². The van der Waals surface area contributed by atoms with Crippen molar-refractivity contribution in [3.63, 3.8) is 0 Å². The molecule has 0 saturated carbocycles. The number of thiophene rings is 1. The van der Waals surface area contributed by atoms with Crippen molar-refractivity contribution in [1.82, 2.24) is 9.88 Å². The van der Waals surface area contributed by atoms with Crippen LogP contribution in [0.25, 0.3) is 10.6 Å². The van der Waals surface area contributed by atoms with E-state index in [0.717, 1.165) is 36.8 Å². The lowest BCUT2D eigenvalue weighted by Crippen LogP contribution is -2.27. The molecule has 1 fully saturated rings. The molecule has 1 aliphatic rings. The van der Waals surface area contributed by atoms with Crippen molar-refractivity contribution in [2.75, 3.05) is 13.1 Å². The number of thiazole rings is 1. The highest BCUT2D eigenvalue weighted by Gasteiger charge is 2.26. The van der Waals surface area contributed by atoms with Crippen LogP contribution in [0.5, 0.6) is 0 Å². The van der Waals surface area contributed by atoms with E-state index in [2.05, 4.69) is 32.1 Å². The van der Waals surface area contributed by atoms with Gasteiger partial charge in [0.25, 0.3) is 0 Å². The summed E-state index contributed by atoms with van der Waals surface area (Å²) < 4.78 is 0. The lowest BCUT2D eigenvalue weighted by molar-refractivity contribution is -0.121. The van der Waals surface area contributed by atoms with Crippen molar-refractivity contribution in [3.05, 3.63) is 27.9 Å². The van der Waals surface area contributed by atoms with E-state index in [9.17, 15) is 4.79 Å². The average Bonchev–Trinajstić information content (AvgIpc) is 3.09. The fourth-order valence-corrected chi connectivity index (χ4v) is 3.86. The second-order valence-electron chi connectivity index (χ2n) is 4.78. The van der Waals surface area contributed by atoms with Gasteiger partial charge in [-0.3, -0.25) is 9.69 Å². The Labute approximate surface area is 119 Å². The average molecular weight is 293 g/mol. The third-order valence-corrected chi connectivity index (χ3v) is 5.00. The molecule has 100 valence electrons. The Hall–Kier alpha value is -1.24. The number of aromatic nitrogens is 1. The van der Waals surface area contributed by atoms with E-state index in [0.29, 0.717) is 0 Å². The Morgan fingerprint density at radius 2 is 2.42 bits per heavy atom. The van der Waals surface area contributed by atoms with Crippen LogP contribution >= 0.6 is 22.7 Å². The normalized spacial score (nSPS) is 19.9. The molecular weight excluding hydrogens is 278 g/mol. The number of hydrogen-bond acceptors (Lipinski definition) is 5. The van der Waals surface area contributed by atoms with Gasteiger partial charge in [-0.1, -0.05) is 0 Å². The van der Waals surface area contributed by atoms with Gasteiger partial charge in [0.1, 0.15) is 5.01 Å². The minimum Gasteiger partial charge on any atom is -0.369 e. The Kier molecular flexibility index (Phi) is 3.63. The van der Waals surface area contributed by atoms with Gasteiger partial charge in [-0.15, -0.1) is 11.3 Å². The molecule has 1 aliphatic heterocycles. The highest BCUT2D eigenvalue weighted by Crippen LogP contribution is 2.27. The lowest BCUT2D eigenvalue weighted by atomic mass is 10.1. The summed E-state index contributed by atoms with van der Waals surface area (Å²) in [6.45, 7) is 2.50. The van der Waals surface area contributed by atoms with Crippen molar-refractivity contribution in [2.45, 2.75) is 13.0 Å². The number of likely N-dealkylation sites (tertiary alicyclic amines) is 1. The maximum Gasteiger partial charge on any atom is 0.221 e. The summed E-state index contributed by atoms with van der Waals surface area (Å²) in [5, 5.41) is 7.35. The van der Waals surface area contributed by atoms with Gasteiger partial charge in [-0.05, 0) is 24.4 Å². The van der Waals surface area contributed by atoms with Crippen molar-refractivity contribution < 1.29 is 4.79 Å². The number of nitrogens with two attached hydrogens (primary N) is 1. The minimum absolute atomic E-state index is 0.00924. The standard InChI is InChI=1S/C13H15N3OS2/c14-12(17)9-1-3-16(5-9)6-11-8-19-13(15-11)10-2-4-18-7-10/h2,4,7-9H,1,3,5-6H2,(H2,14,17)/t9-/m1/s1. The summed E-state index contributed by atoms with van der Waals surface area (Å²) in [7, 11) is 0. The third-order valence-electron chi connectivity index (χ3n) is 3.38. The first kappa shape index (κ1) is 12.8. The second-order valence-corrected chi connectivity index (χ2v) is 6.42. The Morgan fingerprint density at radius 1 is 1.53 bits per heavy atom. The monoisotopic (exact) mass is 293 g/mol. The first-order chi connectivity index (χ1) is 9.22. The number of hydrogen-bond donors (Lipinski definition) is 1. The van der Waals surface area contributed by atoms with Crippen LogP contribution in [-0.2, 0) is 11.3 Å². The Morgan fingerprint density at radius 3 is 3.11 bits per heavy atom. The van der Waals surface area contributed by atoms with E-state index in [1.807, 2.05) is 0 Å². The number of carbonyl (C=O) groups is 1. The van der Waals surface area contributed by atoms with Gasteiger partial charge in [-0.25, -0.2) is 4.98 Å². The molecule has 3 rings (SSSR count). The van der Waals surface area contributed by atoms with Gasteiger partial charge in [-0.2, -0.15) is 11.3 Å². The number of carbonyl (C=O) groups excluding carboxylic acids is 1. The molecule has 0 bridgehead atoms. The zero-order valence-corrected chi connectivity index (χ0v) is 12.0. The molecule has 4 nitrogen and oxygen atoms in total. The smallest absolute Gasteiger partial charge is 0.221 e. The molecule has 2 N–H and O–H groups in total. The zero-order valence-electron chi connectivity index (χ0n) is 10.4. The largest absolute Gasteiger partial charge is 0.369 e. The van der Waals surface area contributed by atoms with Crippen molar-refractivity contribution in [2.24, 2.45) is 11.7 Å². The summed E-state index contributed by atoms with van der Waals surface area (Å²) >= 11 is 3.36. The second kappa shape index (κ2) is 5.40. The molecular formula is C13H15N3OS2. The van der Waals surface area contributed by atoms with Crippen LogP contribution in [0, 0.1) is 5.92 Å². The fourth-order valence-electron chi connectivity index (χ4n) is 2.34.